The van der Waals surface area contributed by atoms with Crippen LogP contribution in [0.4, 0.5) is 0 Å². The Labute approximate surface area is 158 Å². The Hall–Kier alpha value is -0.830. The predicted octanol–water partition coefficient (Wildman–Crippen LogP) is 5.33. The fourth-order valence-corrected chi connectivity index (χ4v) is 4.30. The zero-order chi connectivity index (χ0) is 18.0. The molecule has 2 aliphatic rings. The zero-order valence-electron chi connectivity index (χ0n) is 16.3. The van der Waals surface area contributed by atoms with Gasteiger partial charge in [-0.25, -0.2) is 0 Å². The number of rotatable bonds is 4. The van der Waals surface area contributed by atoms with Crippen LogP contribution in [-0.2, 0) is 0 Å². The second kappa shape index (κ2) is 7.82. The van der Waals surface area contributed by atoms with Gasteiger partial charge in [-0.2, -0.15) is 0 Å². The van der Waals surface area contributed by atoms with Gasteiger partial charge in [0.15, 0.2) is 0 Å². The van der Waals surface area contributed by atoms with E-state index in [9.17, 15) is 0 Å². The summed E-state index contributed by atoms with van der Waals surface area (Å²) in [6, 6.07) is 9.14. The van der Waals surface area contributed by atoms with Crippen LogP contribution in [0.3, 0.4) is 0 Å². The molecular formula is C22H33ClN2. The predicted molar refractivity (Wildman–Crippen MR) is 109 cm³/mol. The van der Waals surface area contributed by atoms with Crippen molar-refractivity contribution in [2.75, 3.05) is 32.7 Å². The number of allylic oxidation sites excluding steroid dienone is 1. The lowest BCUT2D eigenvalue weighted by atomic mass is 9.72. The molecule has 0 amide bonds. The van der Waals surface area contributed by atoms with Crippen molar-refractivity contribution in [2.24, 2.45) is 5.41 Å². The van der Waals surface area contributed by atoms with Gasteiger partial charge in [-0.3, -0.25) is 9.80 Å². The molecule has 0 radical (unpaired) electrons. The number of halogens is 1. The van der Waals surface area contributed by atoms with Gasteiger partial charge in [0.1, 0.15) is 0 Å². The van der Waals surface area contributed by atoms with Gasteiger partial charge in [0.25, 0.3) is 0 Å². The van der Waals surface area contributed by atoms with Crippen LogP contribution in [0.25, 0.3) is 5.57 Å². The Morgan fingerprint density at radius 3 is 2.28 bits per heavy atom. The Morgan fingerprint density at radius 2 is 1.68 bits per heavy atom. The van der Waals surface area contributed by atoms with Gasteiger partial charge in [0.05, 0.1) is 0 Å². The van der Waals surface area contributed by atoms with Crippen molar-refractivity contribution in [3.05, 3.63) is 40.4 Å². The van der Waals surface area contributed by atoms with Gasteiger partial charge in [-0.15, -0.1) is 0 Å². The van der Waals surface area contributed by atoms with Crippen LogP contribution in [-0.4, -0.2) is 48.6 Å². The second-order valence-electron chi connectivity index (χ2n) is 8.84. The quantitative estimate of drug-likeness (QED) is 0.716. The minimum absolute atomic E-state index is 0.398. The number of hydrogen-bond acceptors (Lipinski definition) is 2. The van der Waals surface area contributed by atoms with Crippen LogP contribution in [0, 0.1) is 5.41 Å². The van der Waals surface area contributed by atoms with Gasteiger partial charge < -0.3 is 0 Å². The average molecular weight is 361 g/mol. The summed E-state index contributed by atoms with van der Waals surface area (Å²) in [6.07, 6.45) is 3.71. The summed E-state index contributed by atoms with van der Waals surface area (Å²) in [5.41, 5.74) is 4.99. The number of piperazine rings is 1. The normalized spacial score (nSPS) is 22.6. The largest absolute Gasteiger partial charge is 0.298 e. The number of nitrogens with zero attached hydrogens (tertiary/aromatic N) is 2. The summed E-state index contributed by atoms with van der Waals surface area (Å²) in [5.74, 6) is 0. The fourth-order valence-electron chi connectivity index (χ4n) is 4.17. The minimum atomic E-state index is 0.398. The standard InChI is InChI=1S/C22H33ClN2/c1-17(2)25-13-11-24(12-14-25)16-19-9-10-22(3,4)15-21(19)18-5-7-20(23)8-6-18/h5-8,17H,9-16H2,1-4H3. The molecule has 0 N–H and O–H groups in total. The summed E-state index contributed by atoms with van der Waals surface area (Å²) in [7, 11) is 0. The molecule has 1 heterocycles. The minimum Gasteiger partial charge on any atom is -0.298 e. The number of hydrogen-bond donors (Lipinski definition) is 0. The Kier molecular flexibility index (Phi) is 5.92. The van der Waals surface area contributed by atoms with Crippen molar-refractivity contribution in [2.45, 2.75) is 53.0 Å². The van der Waals surface area contributed by atoms with E-state index in [2.05, 4.69) is 49.6 Å². The van der Waals surface area contributed by atoms with E-state index in [0.717, 1.165) is 11.6 Å². The lowest BCUT2D eigenvalue weighted by Crippen LogP contribution is -2.49. The first kappa shape index (κ1) is 18.9. The van der Waals surface area contributed by atoms with Crippen molar-refractivity contribution in [3.63, 3.8) is 0 Å². The summed E-state index contributed by atoms with van der Waals surface area (Å²) >= 11 is 6.11. The summed E-state index contributed by atoms with van der Waals surface area (Å²) in [6.45, 7) is 15.3. The molecule has 0 atom stereocenters. The lowest BCUT2D eigenvalue weighted by Gasteiger charge is -2.39. The lowest BCUT2D eigenvalue weighted by molar-refractivity contribution is 0.114. The summed E-state index contributed by atoms with van der Waals surface area (Å²) in [4.78, 5) is 5.25. The van der Waals surface area contributed by atoms with E-state index in [1.807, 2.05) is 12.1 Å². The molecule has 1 aromatic rings. The first-order valence-electron chi connectivity index (χ1n) is 9.77. The molecule has 1 fully saturated rings. The second-order valence-corrected chi connectivity index (χ2v) is 9.27. The van der Waals surface area contributed by atoms with Crippen molar-refractivity contribution < 1.29 is 0 Å². The highest BCUT2D eigenvalue weighted by Crippen LogP contribution is 2.43. The van der Waals surface area contributed by atoms with Gasteiger partial charge in [0.2, 0.25) is 0 Å². The highest BCUT2D eigenvalue weighted by Gasteiger charge is 2.29. The van der Waals surface area contributed by atoms with E-state index in [-0.39, 0.29) is 0 Å². The monoisotopic (exact) mass is 360 g/mol. The molecule has 0 saturated carbocycles. The maximum Gasteiger partial charge on any atom is 0.0406 e. The highest BCUT2D eigenvalue weighted by molar-refractivity contribution is 6.30. The Morgan fingerprint density at radius 1 is 1.04 bits per heavy atom. The molecule has 0 unspecified atom stereocenters. The molecule has 3 heteroatoms. The van der Waals surface area contributed by atoms with Crippen molar-refractivity contribution in [1.29, 1.82) is 0 Å². The van der Waals surface area contributed by atoms with E-state index in [1.54, 1.807) is 11.1 Å². The van der Waals surface area contributed by atoms with Crippen molar-refractivity contribution >= 4 is 17.2 Å². The fraction of sp³-hybridized carbons (Fsp3) is 0.636. The molecule has 138 valence electrons. The molecule has 0 aromatic heterocycles. The van der Waals surface area contributed by atoms with Gasteiger partial charge >= 0.3 is 0 Å². The third-order valence-corrected chi connectivity index (χ3v) is 6.18. The molecule has 1 aliphatic heterocycles. The first-order chi connectivity index (χ1) is 11.8. The van der Waals surface area contributed by atoms with Crippen LogP contribution in [0.15, 0.2) is 29.8 Å². The average Bonchev–Trinajstić information content (AvgIpc) is 2.57. The first-order valence-corrected chi connectivity index (χ1v) is 10.2. The van der Waals surface area contributed by atoms with Gasteiger partial charge in [-0.05, 0) is 61.8 Å². The number of benzene rings is 1. The van der Waals surface area contributed by atoms with Crippen molar-refractivity contribution in [3.8, 4) is 0 Å². The summed E-state index contributed by atoms with van der Waals surface area (Å²) in [5, 5.41) is 0.825. The van der Waals surface area contributed by atoms with Gasteiger partial charge in [0, 0.05) is 43.8 Å². The third-order valence-electron chi connectivity index (χ3n) is 5.93. The van der Waals surface area contributed by atoms with Crippen LogP contribution in [0.1, 0.15) is 52.5 Å². The molecule has 1 aliphatic carbocycles. The maximum atomic E-state index is 6.11. The molecule has 0 spiro atoms. The Balaban J connectivity index is 1.77. The summed E-state index contributed by atoms with van der Waals surface area (Å²) < 4.78 is 0. The Bertz CT molecular complexity index is 607. The molecule has 1 aromatic carbocycles. The SMILES string of the molecule is CC(C)N1CCN(CC2=C(c3ccc(Cl)cc3)CC(C)(C)CC2)CC1. The molecule has 1 saturated heterocycles. The van der Waals surface area contributed by atoms with E-state index in [0.29, 0.717) is 11.5 Å². The van der Waals surface area contributed by atoms with Gasteiger partial charge in [-0.1, -0.05) is 43.2 Å². The molecule has 2 nitrogen and oxygen atoms in total. The van der Waals surface area contributed by atoms with E-state index in [4.69, 9.17) is 11.6 Å². The molecule has 3 rings (SSSR count). The van der Waals surface area contributed by atoms with Crippen molar-refractivity contribution in [1.82, 2.24) is 9.80 Å². The van der Waals surface area contributed by atoms with Crippen LogP contribution >= 0.6 is 11.6 Å². The van der Waals surface area contributed by atoms with Crippen LogP contribution in [0.5, 0.6) is 0 Å². The maximum absolute atomic E-state index is 6.11. The van der Waals surface area contributed by atoms with Crippen LogP contribution in [0.2, 0.25) is 5.02 Å². The molecular weight excluding hydrogens is 328 g/mol. The molecule has 0 bridgehead atoms. The zero-order valence-corrected chi connectivity index (χ0v) is 17.1. The van der Waals surface area contributed by atoms with Crippen LogP contribution < -0.4 is 0 Å². The topological polar surface area (TPSA) is 6.48 Å². The highest BCUT2D eigenvalue weighted by atomic mass is 35.5. The van der Waals surface area contributed by atoms with E-state index >= 15 is 0 Å². The third kappa shape index (κ3) is 4.87. The van der Waals surface area contributed by atoms with E-state index in [1.165, 1.54) is 51.0 Å². The smallest absolute Gasteiger partial charge is 0.0406 e. The van der Waals surface area contributed by atoms with E-state index < -0.39 is 0 Å². The molecule has 25 heavy (non-hydrogen) atoms.